The van der Waals surface area contributed by atoms with Gasteiger partial charge in [-0.15, -0.1) is 0 Å². The van der Waals surface area contributed by atoms with Crippen LogP contribution < -0.4 is 0 Å². The first kappa shape index (κ1) is 13.2. The highest BCUT2D eigenvalue weighted by atomic mass is 32.2. The number of benzene rings is 2. The number of hydrogen-bond donors (Lipinski definition) is 0. The summed E-state index contributed by atoms with van der Waals surface area (Å²) < 4.78 is 31.1. The van der Waals surface area contributed by atoms with Crippen molar-refractivity contribution < 1.29 is 13.7 Å². The van der Waals surface area contributed by atoms with Crippen molar-refractivity contribution in [3.8, 4) is 0 Å². The van der Waals surface area contributed by atoms with Crippen molar-refractivity contribution in [1.82, 2.24) is 0 Å². The van der Waals surface area contributed by atoms with E-state index in [1.54, 1.807) is 12.1 Å². The Morgan fingerprint density at radius 2 is 1.65 bits per heavy atom. The van der Waals surface area contributed by atoms with E-state index in [-0.39, 0.29) is 5.82 Å². The molecule has 0 spiro atoms. The van der Waals surface area contributed by atoms with Gasteiger partial charge in [-0.3, -0.25) is 0 Å². The highest BCUT2D eigenvalue weighted by Crippen LogP contribution is 2.35. The van der Waals surface area contributed by atoms with Crippen LogP contribution in [0.2, 0.25) is 0 Å². The van der Waals surface area contributed by atoms with Gasteiger partial charge in [-0.05, 0) is 47.6 Å². The zero-order valence-electron chi connectivity index (χ0n) is 10.7. The van der Waals surface area contributed by atoms with Crippen molar-refractivity contribution in [3.63, 3.8) is 0 Å². The first-order valence-corrected chi connectivity index (χ1v) is 7.64. The Bertz CT molecular complexity index is 623. The molecule has 4 heteroatoms. The van der Waals surface area contributed by atoms with Crippen LogP contribution >= 0.6 is 0 Å². The van der Waals surface area contributed by atoms with Crippen molar-refractivity contribution in [3.05, 3.63) is 71.5 Å². The fourth-order valence-corrected chi connectivity index (χ4v) is 3.38. The fraction of sp³-hybridized carbons (Fsp3) is 0.125. The molecule has 1 aliphatic rings. The zero-order chi connectivity index (χ0) is 13.9. The van der Waals surface area contributed by atoms with Crippen molar-refractivity contribution in [1.29, 1.82) is 0 Å². The van der Waals surface area contributed by atoms with E-state index in [1.165, 1.54) is 12.1 Å². The summed E-state index contributed by atoms with van der Waals surface area (Å²) in [6.07, 6.45) is 0. The van der Waals surface area contributed by atoms with Gasteiger partial charge >= 0.3 is 0 Å². The molecule has 1 aliphatic heterocycles. The molecule has 0 saturated heterocycles. The van der Waals surface area contributed by atoms with Crippen molar-refractivity contribution in [2.45, 2.75) is 0 Å². The van der Waals surface area contributed by atoms with Crippen LogP contribution in [0.4, 0.5) is 4.39 Å². The first-order valence-electron chi connectivity index (χ1n) is 6.32. The molecule has 1 heterocycles. The molecule has 1 unspecified atom stereocenters. The summed E-state index contributed by atoms with van der Waals surface area (Å²) in [5.74, 6) is 0.767. The van der Waals surface area contributed by atoms with Gasteiger partial charge in [0.25, 0.3) is 0 Å². The Labute approximate surface area is 120 Å². The van der Waals surface area contributed by atoms with Crippen LogP contribution in [0.5, 0.6) is 0 Å². The Morgan fingerprint density at radius 3 is 2.35 bits per heavy atom. The second-order valence-electron chi connectivity index (χ2n) is 4.43. The van der Waals surface area contributed by atoms with Gasteiger partial charge in [-0.2, -0.15) is 0 Å². The van der Waals surface area contributed by atoms with Crippen molar-refractivity contribution in [2.24, 2.45) is 0 Å². The molecule has 2 nitrogen and oxygen atoms in total. The molecule has 0 fully saturated rings. The maximum absolute atomic E-state index is 13.0. The van der Waals surface area contributed by atoms with Gasteiger partial charge in [0.15, 0.2) is 5.76 Å². The van der Waals surface area contributed by atoms with Crippen molar-refractivity contribution >= 4 is 21.8 Å². The van der Waals surface area contributed by atoms with E-state index < -0.39 is 11.2 Å². The summed E-state index contributed by atoms with van der Waals surface area (Å²) in [5, 5.41) is 0. The third kappa shape index (κ3) is 2.57. The van der Waals surface area contributed by atoms with Gasteiger partial charge in [0.2, 0.25) is 4.91 Å². The number of rotatable bonds is 2. The lowest BCUT2D eigenvalue weighted by atomic mass is 10.1. The largest absolute Gasteiger partial charge is 0.611 e. The maximum atomic E-state index is 13.0. The van der Waals surface area contributed by atoms with E-state index in [0.29, 0.717) is 23.0 Å². The second kappa shape index (κ2) is 5.69. The summed E-state index contributed by atoms with van der Waals surface area (Å²) in [7, 11) is 0. The minimum absolute atomic E-state index is 0.299. The molecule has 2 aromatic carbocycles. The standard InChI is InChI=1S/C16H13FO2S/c17-14-8-6-12(7-9-14)15-16(20(18)11-10-19-15)13-4-2-1-3-5-13/h1-9H,10-11H2. The zero-order valence-corrected chi connectivity index (χ0v) is 11.5. The molecule has 102 valence electrons. The third-order valence-electron chi connectivity index (χ3n) is 3.09. The number of hydrogen-bond acceptors (Lipinski definition) is 2. The highest BCUT2D eigenvalue weighted by Gasteiger charge is 2.29. The molecule has 1 atom stereocenters. The van der Waals surface area contributed by atoms with Crippen LogP contribution in [0.1, 0.15) is 11.1 Å². The monoisotopic (exact) mass is 288 g/mol. The minimum atomic E-state index is -1.10. The molecule has 0 radical (unpaired) electrons. The van der Waals surface area contributed by atoms with E-state index in [4.69, 9.17) is 4.74 Å². The maximum Gasteiger partial charge on any atom is 0.202 e. The van der Waals surface area contributed by atoms with E-state index in [0.717, 1.165) is 11.1 Å². The molecule has 20 heavy (non-hydrogen) atoms. The van der Waals surface area contributed by atoms with Gasteiger partial charge in [-0.1, -0.05) is 18.2 Å². The molecule has 0 aromatic heterocycles. The van der Waals surface area contributed by atoms with Gasteiger partial charge in [0.05, 0.1) is 0 Å². The Hall–Kier alpha value is -1.78. The molecule has 0 aliphatic carbocycles. The predicted octanol–water partition coefficient (Wildman–Crippen LogP) is 3.43. The average Bonchev–Trinajstić information content (AvgIpc) is 2.49. The number of ether oxygens (including phenoxy) is 1. The first-order chi connectivity index (χ1) is 9.75. The summed E-state index contributed by atoms with van der Waals surface area (Å²) in [5.41, 5.74) is 1.63. The van der Waals surface area contributed by atoms with Crippen LogP contribution in [-0.2, 0) is 15.9 Å². The molecule has 2 aromatic rings. The van der Waals surface area contributed by atoms with Crippen LogP contribution in [0.25, 0.3) is 10.7 Å². The van der Waals surface area contributed by atoms with E-state index in [9.17, 15) is 8.94 Å². The Morgan fingerprint density at radius 1 is 0.950 bits per heavy atom. The predicted molar refractivity (Wildman–Crippen MR) is 78.6 cm³/mol. The third-order valence-corrected chi connectivity index (χ3v) is 4.51. The highest BCUT2D eigenvalue weighted by molar-refractivity contribution is 8.00. The van der Waals surface area contributed by atoms with Crippen LogP contribution in [0.3, 0.4) is 0 Å². The SMILES string of the molecule is [O-][S+]1CCOC(c2ccc(F)cc2)=C1c1ccccc1. The topological polar surface area (TPSA) is 32.3 Å². The lowest BCUT2D eigenvalue weighted by Crippen LogP contribution is -2.20. The Balaban J connectivity index is 2.13. The lowest BCUT2D eigenvalue weighted by Gasteiger charge is -2.23. The van der Waals surface area contributed by atoms with Gasteiger partial charge in [0, 0.05) is 11.1 Å². The van der Waals surface area contributed by atoms with Crippen LogP contribution in [0, 0.1) is 5.82 Å². The van der Waals surface area contributed by atoms with Crippen LogP contribution in [-0.4, -0.2) is 16.9 Å². The van der Waals surface area contributed by atoms with E-state index in [2.05, 4.69) is 0 Å². The molecular weight excluding hydrogens is 275 g/mol. The summed E-state index contributed by atoms with van der Waals surface area (Å²) in [6.45, 7) is 0.412. The molecule has 0 saturated carbocycles. The van der Waals surface area contributed by atoms with E-state index >= 15 is 0 Å². The molecule has 3 rings (SSSR count). The summed E-state index contributed by atoms with van der Waals surface area (Å²) >= 11 is -1.10. The second-order valence-corrected chi connectivity index (χ2v) is 5.94. The van der Waals surface area contributed by atoms with Gasteiger partial charge in [-0.25, -0.2) is 4.39 Å². The molecule has 0 N–H and O–H groups in total. The Kier molecular flexibility index (Phi) is 3.76. The fourth-order valence-electron chi connectivity index (χ4n) is 2.16. The quantitative estimate of drug-likeness (QED) is 0.793. The number of halogens is 1. The lowest BCUT2D eigenvalue weighted by molar-refractivity contribution is 0.297. The smallest absolute Gasteiger partial charge is 0.202 e. The van der Waals surface area contributed by atoms with E-state index in [1.807, 2.05) is 30.3 Å². The summed E-state index contributed by atoms with van der Waals surface area (Å²) in [6, 6.07) is 15.6. The van der Waals surface area contributed by atoms with Gasteiger partial charge < -0.3 is 9.29 Å². The molecular formula is C16H13FO2S. The normalized spacial score (nSPS) is 18.8. The van der Waals surface area contributed by atoms with Crippen LogP contribution in [0.15, 0.2) is 54.6 Å². The molecule has 0 bridgehead atoms. The summed E-state index contributed by atoms with van der Waals surface area (Å²) in [4.78, 5) is 0.684. The molecule has 0 amide bonds. The van der Waals surface area contributed by atoms with Gasteiger partial charge in [0.1, 0.15) is 18.2 Å². The van der Waals surface area contributed by atoms with Crippen molar-refractivity contribution in [2.75, 3.05) is 12.4 Å². The average molecular weight is 288 g/mol. The minimum Gasteiger partial charge on any atom is -0.611 e.